The Hall–Kier alpha value is -3.50. The Bertz CT molecular complexity index is 1410. The average molecular weight is 479 g/mol. The molecule has 4 aromatic rings. The summed E-state index contributed by atoms with van der Waals surface area (Å²) in [5.74, 6) is 2.44. The van der Waals surface area contributed by atoms with Crippen LogP contribution in [0.5, 0.6) is 5.75 Å². The third-order valence-corrected chi connectivity index (χ3v) is 7.22. The molecule has 2 N–H and O–H groups in total. The van der Waals surface area contributed by atoms with Gasteiger partial charge < -0.3 is 10.1 Å². The van der Waals surface area contributed by atoms with E-state index in [0.717, 1.165) is 41.1 Å². The Morgan fingerprint density at radius 2 is 1.76 bits per heavy atom. The van der Waals surface area contributed by atoms with Gasteiger partial charge in [-0.3, -0.25) is 0 Å². The van der Waals surface area contributed by atoms with Crippen molar-refractivity contribution in [1.82, 2.24) is 24.5 Å². The molecule has 0 spiro atoms. The molecule has 9 nitrogen and oxygen atoms in total. The van der Waals surface area contributed by atoms with Crippen molar-refractivity contribution in [2.24, 2.45) is 0 Å². The minimum atomic E-state index is -3.63. The van der Waals surface area contributed by atoms with Crippen LogP contribution in [0.4, 0.5) is 5.82 Å². The lowest BCUT2D eigenvalue weighted by Crippen LogP contribution is -2.29. The lowest BCUT2D eigenvalue weighted by atomic mass is 10.2. The average Bonchev–Trinajstić information content (AvgIpc) is 3.66. The van der Waals surface area contributed by atoms with E-state index in [2.05, 4.69) is 10.0 Å². The topological polar surface area (TPSA) is 111 Å². The fourth-order valence-electron chi connectivity index (χ4n) is 3.81. The molecule has 1 aliphatic rings. The summed E-state index contributed by atoms with van der Waals surface area (Å²) in [6.07, 6.45) is 2.15. The van der Waals surface area contributed by atoms with Crippen LogP contribution in [0.25, 0.3) is 16.7 Å². The van der Waals surface area contributed by atoms with Crippen molar-refractivity contribution in [2.75, 3.05) is 25.5 Å². The molecule has 34 heavy (non-hydrogen) atoms. The molecule has 0 aliphatic heterocycles. The summed E-state index contributed by atoms with van der Waals surface area (Å²) >= 11 is 0. The quantitative estimate of drug-likeness (QED) is 0.355. The zero-order chi connectivity index (χ0) is 23.7. The molecule has 0 amide bonds. The number of nitrogens with zero attached hydrogens (tertiary/aromatic N) is 4. The number of hydrogen-bond donors (Lipinski definition) is 2. The lowest BCUT2D eigenvalue weighted by molar-refractivity contribution is 0.414. The summed E-state index contributed by atoms with van der Waals surface area (Å²) in [5.41, 5.74) is 2.49. The van der Waals surface area contributed by atoms with E-state index in [-0.39, 0.29) is 11.4 Å². The van der Waals surface area contributed by atoms with Gasteiger partial charge in [-0.1, -0.05) is 18.2 Å². The molecule has 0 atom stereocenters. The van der Waals surface area contributed by atoms with Gasteiger partial charge in [-0.15, -0.1) is 0 Å². The number of benzene rings is 2. The number of methoxy groups -OCH3 is 1. The lowest BCUT2D eigenvalue weighted by Gasteiger charge is -2.11. The Morgan fingerprint density at radius 3 is 2.44 bits per heavy atom. The summed E-state index contributed by atoms with van der Waals surface area (Å²) in [6, 6.07) is 16.2. The normalized spacial score (nSPS) is 13.8. The molecule has 0 radical (unpaired) electrons. The van der Waals surface area contributed by atoms with E-state index >= 15 is 0 Å². The zero-order valence-electron chi connectivity index (χ0n) is 19.0. The number of para-hydroxylation sites is 1. The summed E-state index contributed by atoms with van der Waals surface area (Å²) in [5, 5.41) is 8.86. The predicted octanol–water partition coefficient (Wildman–Crippen LogP) is 3.40. The second kappa shape index (κ2) is 9.03. The van der Waals surface area contributed by atoms with Crippen molar-refractivity contribution >= 4 is 26.9 Å². The number of ether oxygens (including phenoxy) is 1. The van der Waals surface area contributed by atoms with Crippen LogP contribution < -0.4 is 14.8 Å². The molecule has 2 heterocycles. The van der Waals surface area contributed by atoms with Crippen LogP contribution in [0.15, 0.2) is 59.5 Å². The van der Waals surface area contributed by atoms with E-state index in [0.29, 0.717) is 24.0 Å². The third-order valence-electron chi connectivity index (χ3n) is 5.74. The summed E-state index contributed by atoms with van der Waals surface area (Å²) in [6.45, 7) is 2.49. The highest BCUT2D eigenvalue weighted by atomic mass is 32.2. The van der Waals surface area contributed by atoms with Crippen molar-refractivity contribution in [1.29, 1.82) is 0 Å². The van der Waals surface area contributed by atoms with Gasteiger partial charge in [-0.05, 0) is 56.2 Å². The van der Waals surface area contributed by atoms with Crippen LogP contribution in [-0.4, -0.2) is 48.4 Å². The molecule has 10 heteroatoms. The van der Waals surface area contributed by atoms with Gasteiger partial charge in [0.05, 0.1) is 28.8 Å². The monoisotopic (exact) mass is 478 g/mol. The highest BCUT2D eigenvalue weighted by Gasteiger charge is 2.29. The molecule has 0 bridgehead atoms. The molecule has 1 fully saturated rings. The Labute approximate surface area is 198 Å². The molecule has 2 aromatic carbocycles. The number of aryl methyl sites for hydroxylation is 1. The fourth-order valence-corrected chi connectivity index (χ4v) is 4.84. The van der Waals surface area contributed by atoms with Crippen molar-refractivity contribution < 1.29 is 13.2 Å². The van der Waals surface area contributed by atoms with Crippen LogP contribution in [0, 0.1) is 6.92 Å². The van der Waals surface area contributed by atoms with Gasteiger partial charge in [0.2, 0.25) is 10.0 Å². The Balaban J connectivity index is 1.36. The van der Waals surface area contributed by atoms with E-state index in [9.17, 15) is 8.42 Å². The number of anilines is 1. The standard InChI is InChI=1S/C24H26N6O3S/c1-16-21-23(25-14-15-26-34(31,32)20-12-10-19(33-2)11-13-20)27-22(17-8-9-17)28-24(21)30(29-16)18-6-4-3-5-7-18/h3-7,10-13,17,26H,8-9,14-15H2,1-2H3,(H,25,27,28). The van der Waals surface area contributed by atoms with Gasteiger partial charge in [-0.25, -0.2) is 27.8 Å². The molecule has 2 aromatic heterocycles. The van der Waals surface area contributed by atoms with Crippen molar-refractivity contribution in [3.05, 3.63) is 66.1 Å². The first-order valence-electron chi connectivity index (χ1n) is 11.2. The van der Waals surface area contributed by atoms with E-state index in [1.807, 2.05) is 41.9 Å². The van der Waals surface area contributed by atoms with Gasteiger partial charge in [0, 0.05) is 19.0 Å². The second-order valence-corrected chi connectivity index (χ2v) is 10.0. The highest BCUT2D eigenvalue weighted by Crippen LogP contribution is 2.40. The minimum Gasteiger partial charge on any atom is -0.497 e. The van der Waals surface area contributed by atoms with Crippen molar-refractivity contribution in [3.63, 3.8) is 0 Å². The summed E-state index contributed by atoms with van der Waals surface area (Å²) in [7, 11) is -2.09. The predicted molar refractivity (Wildman–Crippen MR) is 130 cm³/mol. The van der Waals surface area contributed by atoms with Crippen LogP contribution in [0.2, 0.25) is 0 Å². The maximum atomic E-state index is 12.6. The van der Waals surface area contributed by atoms with E-state index in [4.69, 9.17) is 19.8 Å². The molecular weight excluding hydrogens is 452 g/mol. The molecule has 0 unspecified atom stereocenters. The van der Waals surface area contributed by atoms with Gasteiger partial charge in [-0.2, -0.15) is 5.10 Å². The van der Waals surface area contributed by atoms with Crippen LogP contribution in [0.3, 0.4) is 0 Å². The number of sulfonamides is 1. The van der Waals surface area contributed by atoms with E-state index in [1.54, 1.807) is 12.1 Å². The first-order chi connectivity index (χ1) is 16.5. The summed E-state index contributed by atoms with van der Waals surface area (Å²) < 4.78 is 34.8. The highest BCUT2D eigenvalue weighted by molar-refractivity contribution is 7.89. The van der Waals surface area contributed by atoms with Gasteiger partial charge >= 0.3 is 0 Å². The minimum absolute atomic E-state index is 0.189. The van der Waals surface area contributed by atoms with E-state index in [1.165, 1.54) is 19.2 Å². The smallest absolute Gasteiger partial charge is 0.240 e. The Morgan fingerprint density at radius 1 is 1.03 bits per heavy atom. The van der Waals surface area contributed by atoms with Crippen LogP contribution >= 0.6 is 0 Å². The first-order valence-corrected chi connectivity index (χ1v) is 12.6. The maximum Gasteiger partial charge on any atom is 0.240 e. The number of rotatable bonds is 9. The SMILES string of the molecule is COc1ccc(S(=O)(=O)NCCNc2nc(C3CC3)nc3c2c(C)nn3-c2ccccc2)cc1. The van der Waals surface area contributed by atoms with Crippen molar-refractivity contribution in [3.8, 4) is 11.4 Å². The number of nitrogens with one attached hydrogen (secondary N) is 2. The number of aromatic nitrogens is 4. The van der Waals surface area contributed by atoms with E-state index < -0.39 is 10.0 Å². The van der Waals surface area contributed by atoms with Crippen LogP contribution in [-0.2, 0) is 10.0 Å². The second-order valence-electron chi connectivity index (χ2n) is 8.24. The third kappa shape index (κ3) is 4.46. The number of hydrogen-bond acceptors (Lipinski definition) is 7. The molecule has 1 aliphatic carbocycles. The zero-order valence-corrected chi connectivity index (χ0v) is 19.8. The fraction of sp³-hybridized carbons (Fsp3) is 0.292. The largest absolute Gasteiger partial charge is 0.497 e. The molecule has 1 saturated carbocycles. The first kappa shape index (κ1) is 22.3. The molecule has 0 saturated heterocycles. The molecule has 176 valence electrons. The summed E-state index contributed by atoms with van der Waals surface area (Å²) in [4.78, 5) is 9.81. The maximum absolute atomic E-state index is 12.6. The van der Waals surface area contributed by atoms with Crippen molar-refractivity contribution in [2.45, 2.75) is 30.6 Å². The van der Waals surface area contributed by atoms with Gasteiger partial charge in [0.15, 0.2) is 5.65 Å². The van der Waals surface area contributed by atoms with Gasteiger partial charge in [0.1, 0.15) is 17.4 Å². The van der Waals surface area contributed by atoms with Gasteiger partial charge in [0.25, 0.3) is 0 Å². The number of fused-ring (bicyclic) bond motifs is 1. The Kier molecular flexibility index (Phi) is 5.93. The van der Waals surface area contributed by atoms with Crippen LogP contribution in [0.1, 0.15) is 30.3 Å². The molecule has 5 rings (SSSR count). The molecular formula is C24H26N6O3S.